The summed E-state index contributed by atoms with van der Waals surface area (Å²) < 4.78 is 10.9. The standard InChI is InChI=1S/C14H20ClNO2/c1-3-8-16-11-12-10-13(17-2)5-6-14(12)18-9-4-7-15/h4-7,10,16H,3,8-9,11H2,1-2H3/b7-4+. The molecule has 4 heteroatoms. The third kappa shape index (κ3) is 4.98. The summed E-state index contributed by atoms with van der Waals surface area (Å²) >= 11 is 5.46. The highest BCUT2D eigenvalue weighted by molar-refractivity contribution is 6.25. The Morgan fingerprint density at radius 3 is 2.89 bits per heavy atom. The van der Waals surface area contributed by atoms with Gasteiger partial charge in [0, 0.05) is 17.6 Å². The first-order chi connectivity index (χ1) is 8.81. The van der Waals surface area contributed by atoms with Gasteiger partial charge in [-0.05, 0) is 37.2 Å². The first kappa shape index (κ1) is 14.9. The molecule has 0 heterocycles. The molecule has 0 saturated carbocycles. The average molecular weight is 270 g/mol. The number of hydrogen-bond donors (Lipinski definition) is 1. The van der Waals surface area contributed by atoms with Gasteiger partial charge in [-0.25, -0.2) is 0 Å². The lowest BCUT2D eigenvalue weighted by atomic mass is 10.2. The topological polar surface area (TPSA) is 30.5 Å². The Labute approximate surface area is 114 Å². The molecule has 18 heavy (non-hydrogen) atoms. The zero-order chi connectivity index (χ0) is 13.2. The smallest absolute Gasteiger partial charge is 0.124 e. The number of benzene rings is 1. The van der Waals surface area contributed by atoms with Crippen molar-refractivity contribution >= 4 is 11.6 Å². The van der Waals surface area contributed by atoms with E-state index in [0.29, 0.717) is 6.61 Å². The van der Waals surface area contributed by atoms with Crippen LogP contribution in [0.15, 0.2) is 29.8 Å². The lowest BCUT2D eigenvalue weighted by molar-refractivity contribution is 0.355. The molecule has 0 spiro atoms. The van der Waals surface area contributed by atoms with Gasteiger partial charge in [0.15, 0.2) is 0 Å². The Morgan fingerprint density at radius 1 is 1.39 bits per heavy atom. The van der Waals surface area contributed by atoms with Gasteiger partial charge in [-0.2, -0.15) is 0 Å². The number of halogens is 1. The molecule has 0 aliphatic carbocycles. The molecule has 0 bridgehead atoms. The van der Waals surface area contributed by atoms with Gasteiger partial charge in [-0.1, -0.05) is 18.5 Å². The van der Waals surface area contributed by atoms with E-state index in [0.717, 1.165) is 36.6 Å². The van der Waals surface area contributed by atoms with Crippen LogP contribution in [0.2, 0.25) is 0 Å². The Balaban J connectivity index is 2.72. The van der Waals surface area contributed by atoms with Crippen molar-refractivity contribution in [1.29, 1.82) is 0 Å². The fourth-order valence-corrected chi connectivity index (χ4v) is 1.61. The van der Waals surface area contributed by atoms with E-state index in [9.17, 15) is 0 Å². The summed E-state index contributed by atoms with van der Waals surface area (Å²) in [5.41, 5.74) is 2.55. The maximum atomic E-state index is 5.64. The maximum Gasteiger partial charge on any atom is 0.124 e. The van der Waals surface area contributed by atoms with Crippen LogP contribution in [-0.4, -0.2) is 20.3 Å². The molecular formula is C14H20ClNO2. The monoisotopic (exact) mass is 269 g/mol. The first-order valence-electron chi connectivity index (χ1n) is 6.07. The highest BCUT2D eigenvalue weighted by atomic mass is 35.5. The Kier molecular flexibility index (Phi) is 7.30. The molecule has 0 aromatic heterocycles. The van der Waals surface area contributed by atoms with Crippen LogP contribution in [0.4, 0.5) is 0 Å². The maximum absolute atomic E-state index is 5.64. The van der Waals surface area contributed by atoms with Gasteiger partial charge in [0.2, 0.25) is 0 Å². The van der Waals surface area contributed by atoms with Crippen molar-refractivity contribution in [1.82, 2.24) is 5.32 Å². The third-order valence-corrected chi connectivity index (χ3v) is 2.61. The molecule has 0 amide bonds. The van der Waals surface area contributed by atoms with Gasteiger partial charge < -0.3 is 14.8 Å². The summed E-state index contributed by atoms with van der Waals surface area (Å²) in [7, 11) is 1.66. The minimum atomic E-state index is 0.469. The fraction of sp³-hybridized carbons (Fsp3) is 0.429. The van der Waals surface area contributed by atoms with Crippen LogP contribution in [-0.2, 0) is 6.54 Å². The lowest BCUT2D eigenvalue weighted by Gasteiger charge is -2.12. The molecule has 1 N–H and O–H groups in total. The number of rotatable bonds is 8. The van der Waals surface area contributed by atoms with Gasteiger partial charge in [-0.15, -0.1) is 0 Å². The highest BCUT2D eigenvalue weighted by Gasteiger charge is 2.05. The fourth-order valence-electron chi connectivity index (χ4n) is 1.54. The molecule has 3 nitrogen and oxygen atoms in total. The van der Waals surface area contributed by atoms with Crippen molar-refractivity contribution in [3.05, 3.63) is 35.4 Å². The lowest BCUT2D eigenvalue weighted by Crippen LogP contribution is -2.14. The summed E-state index contributed by atoms with van der Waals surface area (Å²) in [6, 6.07) is 5.80. The molecule has 0 unspecified atom stereocenters. The van der Waals surface area contributed by atoms with Gasteiger partial charge in [-0.3, -0.25) is 0 Å². The van der Waals surface area contributed by atoms with E-state index < -0.39 is 0 Å². The first-order valence-corrected chi connectivity index (χ1v) is 6.51. The third-order valence-electron chi connectivity index (χ3n) is 2.43. The molecule has 0 atom stereocenters. The van der Waals surface area contributed by atoms with Gasteiger partial charge >= 0.3 is 0 Å². The zero-order valence-electron chi connectivity index (χ0n) is 10.9. The Morgan fingerprint density at radius 2 is 2.22 bits per heavy atom. The second-order valence-electron chi connectivity index (χ2n) is 3.82. The van der Waals surface area contributed by atoms with Crippen LogP contribution < -0.4 is 14.8 Å². The van der Waals surface area contributed by atoms with Crippen LogP contribution >= 0.6 is 11.6 Å². The molecule has 1 aromatic carbocycles. The van der Waals surface area contributed by atoms with Crippen molar-refractivity contribution < 1.29 is 9.47 Å². The van der Waals surface area contributed by atoms with Crippen LogP contribution in [0, 0.1) is 0 Å². The van der Waals surface area contributed by atoms with E-state index in [1.54, 1.807) is 13.2 Å². The quantitative estimate of drug-likeness (QED) is 0.735. The van der Waals surface area contributed by atoms with Crippen molar-refractivity contribution in [3.63, 3.8) is 0 Å². The molecule has 0 aliphatic rings. The van der Waals surface area contributed by atoms with E-state index in [2.05, 4.69) is 12.2 Å². The molecular weight excluding hydrogens is 250 g/mol. The van der Waals surface area contributed by atoms with Gasteiger partial charge in [0.25, 0.3) is 0 Å². The minimum Gasteiger partial charge on any atom is -0.497 e. The summed E-state index contributed by atoms with van der Waals surface area (Å²) in [5.74, 6) is 1.69. The summed E-state index contributed by atoms with van der Waals surface area (Å²) in [6.45, 7) is 4.36. The summed E-state index contributed by atoms with van der Waals surface area (Å²) in [4.78, 5) is 0. The van der Waals surface area contributed by atoms with Gasteiger partial charge in [0.1, 0.15) is 18.1 Å². The number of methoxy groups -OCH3 is 1. The second kappa shape index (κ2) is 8.84. The Bertz CT molecular complexity index is 380. The van der Waals surface area contributed by atoms with Crippen molar-refractivity contribution in [3.8, 4) is 11.5 Å². The number of hydrogen-bond acceptors (Lipinski definition) is 3. The van der Waals surface area contributed by atoms with E-state index in [-0.39, 0.29) is 0 Å². The van der Waals surface area contributed by atoms with E-state index in [4.69, 9.17) is 21.1 Å². The molecule has 0 fully saturated rings. The Hall–Kier alpha value is -1.19. The molecule has 1 aromatic rings. The zero-order valence-corrected chi connectivity index (χ0v) is 11.7. The van der Waals surface area contributed by atoms with Crippen LogP contribution in [0.1, 0.15) is 18.9 Å². The minimum absolute atomic E-state index is 0.469. The normalized spacial score (nSPS) is 10.8. The molecule has 0 radical (unpaired) electrons. The number of nitrogens with one attached hydrogen (secondary N) is 1. The molecule has 0 saturated heterocycles. The summed E-state index contributed by atoms with van der Waals surface area (Å²) in [5, 5.41) is 3.35. The van der Waals surface area contributed by atoms with Crippen molar-refractivity contribution in [2.24, 2.45) is 0 Å². The molecule has 1 rings (SSSR count). The molecule has 0 aliphatic heterocycles. The van der Waals surface area contributed by atoms with Crippen LogP contribution in [0.5, 0.6) is 11.5 Å². The number of ether oxygens (including phenoxy) is 2. The van der Waals surface area contributed by atoms with Crippen LogP contribution in [0.3, 0.4) is 0 Å². The van der Waals surface area contributed by atoms with E-state index in [1.807, 2.05) is 18.2 Å². The predicted molar refractivity (Wildman–Crippen MR) is 75.5 cm³/mol. The van der Waals surface area contributed by atoms with E-state index >= 15 is 0 Å². The largest absolute Gasteiger partial charge is 0.497 e. The van der Waals surface area contributed by atoms with Crippen LogP contribution in [0.25, 0.3) is 0 Å². The second-order valence-corrected chi connectivity index (χ2v) is 4.08. The predicted octanol–water partition coefficient (Wildman–Crippen LogP) is 3.33. The van der Waals surface area contributed by atoms with Gasteiger partial charge in [0.05, 0.1) is 7.11 Å². The average Bonchev–Trinajstić information content (AvgIpc) is 2.40. The SMILES string of the molecule is CCCNCc1cc(OC)ccc1OC/C=C/Cl. The van der Waals surface area contributed by atoms with Crippen molar-refractivity contribution in [2.45, 2.75) is 19.9 Å². The van der Waals surface area contributed by atoms with Crippen molar-refractivity contribution in [2.75, 3.05) is 20.3 Å². The highest BCUT2D eigenvalue weighted by Crippen LogP contribution is 2.24. The van der Waals surface area contributed by atoms with E-state index in [1.165, 1.54) is 5.54 Å². The summed E-state index contributed by atoms with van der Waals surface area (Å²) in [6.07, 6.45) is 2.87. The molecule has 100 valence electrons.